The second-order valence-corrected chi connectivity index (χ2v) is 6.33. The van der Waals surface area contributed by atoms with Crippen LogP contribution in [0.2, 0.25) is 0 Å². The van der Waals surface area contributed by atoms with Gasteiger partial charge >= 0.3 is 12.1 Å². The number of amides is 1. The molecule has 2 atom stereocenters. The van der Waals surface area contributed by atoms with Crippen LogP contribution in [0.4, 0.5) is 4.79 Å². The van der Waals surface area contributed by atoms with Crippen molar-refractivity contribution in [2.75, 3.05) is 0 Å². The van der Waals surface area contributed by atoms with Crippen molar-refractivity contribution in [3.05, 3.63) is 0 Å². The zero-order valence-electron chi connectivity index (χ0n) is 11.1. The number of nitrogens with one attached hydrogen (secondary N) is 1. The highest BCUT2D eigenvalue weighted by Crippen LogP contribution is 2.16. The zero-order valence-corrected chi connectivity index (χ0v) is 12.0. The summed E-state index contributed by atoms with van der Waals surface area (Å²) in [5.41, 5.74) is -0.704. The summed E-state index contributed by atoms with van der Waals surface area (Å²) in [5.74, 6) is -1.21. The molecule has 0 spiro atoms. The van der Waals surface area contributed by atoms with Gasteiger partial charge in [-0.2, -0.15) is 0 Å². The average Bonchev–Trinajstić information content (AvgIpc) is 2.09. The Balaban J connectivity index is 4.59. The molecule has 0 heterocycles. The number of carboxylic acids is 1. The van der Waals surface area contributed by atoms with Gasteiger partial charge in [0.05, 0.1) is 0 Å². The van der Waals surface area contributed by atoms with Crippen molar-refractivity contribution in [2.24, 2.45) is 0 Å². The quantitative estimate of drug-likeness (QED) is 0.811. The van der Waals surface area contributed by atoms with Crippen molar-refractivity contribution in [3.63, 3.8) is 0 Å². The molecule has 0 aliphatic rings. The van der Waals surface area contributed by atoms with Crippen LogP contribution in [-0.2, 0) is 14.3 Å². The molecular weight excluding hydrogens is 258 g/mol. The van der Waals surface area contributed by atoms with Gasteiger partial charge in [0, 0.05) is 12.2 Å². The van der Waals surface area contributed by atoms with E-state index in [0.29, 0.717) is 0 Å². The number of carboxylic acid groups (broad SMARTS) is 1. The molecule has 0 aromatic carbocycles. The Kier molecular flexibility index (Phi) is 6.17. The summed E-state index contributed by atoms with van der Waals surface area (Å²) in [4.78, 5) is 33.4. The van der Waals surface area contributed by atoms with Gasteiger partial charge in [-0.25, -0.2) is 9.59 Å². The average molecular weight is 277 g/mol. The predicted molar refractivity (Wildman–Crippen MR) is 68.5 cm³/mol. The van der Waals surface area contributed by atoms with E-state index in [1.807, 2.05) is 0 Å². The number of ether oxygens (including phenoxy) is 1. The minimum Gasteiger partial charge on any atom is -0.480 e. The molecule has 0 fully saturated rings. The number of carbonyl (C=O) groups is 3. The first-order valence-electron chi connectivity index (χ1n) is 5.42. The highest BCUT2D eigenvalue weighted by molar-refractivity contribution is 8.14. The lowest BCUT2D eigenvalue weighted by atomic mass is 10.2. The second kappa shape index (κ2) is 6.63. The Morgan fingerprint density at radius 2 is 1.78 bits per heavy atom. The van der Waals surface area contributed by atoms with Gasteiger partial charge in [-0.1, -0.05) is 18.7 Å². The van der Waals surface area contributed by atoms with Crippen LogP contribution in [0, 0.1) is 0 Å². The molecule has 0 aromatic heterocycles. The molecule has 0 aromatic rings. The fourth-order valence-electron chi connectivity index (χ4n) is 1.14. The van der Waals surface area contributed by atoms with E-state index in [9.17, 15) is 14.4 Å². The lowest BCUT2D eigenvalue weighted by Gasteiger charge is -2.24. The molecule has 7 heteroatoms. The molecule has 0 saturated carbocycles. The molecule has 18 heavy (non-hydrogen) atoms. The Hall–Kier alpha value is -1.24. The van der Waals surface area contributed by atoms with Gasteiger partial charge in [-0.15, -0.1) is 0 Å². The largest absolute Gasteiger partial charge is 0.480 e. The number of aliphatic carboxylic acids is 1. The van der Waals surface area contributed by atoms with Crippen LogP contribution >= 0.6 is 11.8 Å². The summed E-state index contributed by atoms with van der Waals surface area (Å²) in [6, 6.07) is -1.17. The number of alkyl carbamates (subject to hydrolysis) is 1. The van der Waals surface area contributed by atoms with Gasteiger partial charge in [-0.05, 0) is 20.8 Å². The van der Waals surface area contributed by atoms with E-state index in [4.69, 9.17) is 9.84 Å². The first kappa shape index (κ1) is 16.8. The predicted octanol–water partition coefficient (Wildman–Crippen LogP) is 1.63. The Bertz CT molecular complexity index is 337. The Morgan fingerprint density at radius 1 is 1.28 bits per heavy atom. The van der Waals surface area contributed by atoms with E-state index in [2.05, 4.69) is 5.32 Å². The van der Waals surface area contributed by atoms with E-state index in [1.54, 1.807) is 27.7 Å². The van der Waals surface area contributed by atoms with Crippen LogP contribution < -0.4 is 5.32 Å². The molecule has 1 amide bonds. The van der Waals surface area contributed by atoms with Gasteiger partial charge in [-0.3, -0.25) is 4.79 Å². The summed E-state index contributed by atoms with van der Waals surface area (Å²) in [7, 11) is 0. The zero-order chi connectivity index (χ0) is 14.5. The maximum atomic E-state index is 11.5. The molecule has 0 rings (SSSR count). The fourth-order valence-corrected chi connectivity index (χ4v) is 1.99. The summed E-state index contributed by atoms with van der Waals surface area (Å²) in [5, 5.41) is 10.5. The van der Waals surface area contributed by atoms with Crippen LogP contribution in [0.1, 0.15) is 34.6 Å². The van der Waals surface area contributed by atoms with Gasteiger partial charge < -0.3 is 15.2 Å². The van der Waals surface area contributed by atoms with E-state index >= 15 is 0 Å². The van der Waals surface area contributed by atoms with Crippen molar-refractivity contribution >= 4 is 28.9 Å². The SMILES string of the molecule is CC(=O)S[C@@H](C)[C@H](NC(=O)OC(C)(C)C)C(=O)O. The number of carbonyl (C=O) groups excluding carboxylic acids is 2. The third-order valence-corrected chi connectivity index (χ3v) is 2.74. The number of rotatable bonds is 4. The van der Waals surface area contributed by atoms with Crippen molar-refractivity contribution in [3.8, 4) is 0 Å². The standard InChI is InChI=1S/C11H19NO5S/c1-6(18-7(2)13)8(9(14)15)12-10(16)17-11(3,4)5/h6,8H,1-5H3,(H,12,16)(H,14,15)/t6-,8-/m0/s1. The van der Waals surface area contributed by atoms with Crippen LogP contribution in [0.25, 0.3) is 0 Å². The molecule has 104 valence electrons. The number of hydrogen-bond donors (Lipinski definition) is 2. The number of thioether (sulfide) groups is 1. The third-order valence-electron chi connectivity index (χ3n) is 1.76. The minimum absolute atomic E-state index is 0.209. The highest BCUT2D eigenvalue weighted by atomic mass is 32.2. The van der Waals surface area contributed by atoms with Crippen molar-refractivity contribution in [1.29, 1.82) is 0 Å². The van der Waals surface area contributed by atoms with E-state index in [0.717, 1.165) is 11.8 Å². The smallest absolute Gasteiger partial charge is 0.408 e. The fraction of sp³-hybridized carbons (Fsp3) is 0.727. The summed E-state index contributed by atoms with van der Waals surface area (Å²) < 4.78 is 4.97. The molecule has 0 saturated heterocycles. The van der Waals surface area contributed by atoms with E-state index in [-0.39, 0.29) is 5.12 Å². The van der Waals surface area contributed by atoms with Crippen molar-refractivity contribution in [2.45, 2.75) is 51.5 Å². The van der Waals surface area contributed by atoms with Gasteiger partial charge in [0.1, 0.15) is 11.6 Å². The van der Waals surface area contributed by atoms with Crippen molar-refractivity contribution in [1.82, 2.24) is 5.32 Å². The van der Waals surface area contributed by atoms with Crippen LogP contribution in [0.5, 0.6) is 0 Å². The Morgan fingerprint density at radius 3 is 2.11 bits per heavy atom. The molecule has 0 aliphatic carbocycles. The molecule has 0 radical (unpaired) electrons. The number of hydrogen-bond acceptors (Lipinski definition) is 5. The first-order valence-corrected chi connectivity index (χ1v) is 6.30. The Labute approximate surface area is 110 Å². The first-order chi connectivity index (χ1) is 8.03. The third kappa shape index (κ3) is 7.16. The molecule has 0 bridgehead atoms. The second-order valence-electron chi connectivity index (χ2n) is 4.78. The molecule has 6 nitrogen and oxygen atoms in total. The monoisotopic (exact) mass is 277 g/mol. The summed E-state index contributed by atoms with van der Waals surface area (Å²) in [6.45, 7) is 7.93. The van der Waals surface area contributed by atoms with Gasteiger partial charge in [0.2, 0.25) is 0 Å². The summed E-state index contributed by atoms with van der Waals surface area (Å²) in [6.07, 6.45) is -0.814. The maximum absolute atomic E-state index is 11.5. The van der Waals surface area contributed by atoms with Gasteiger partial charge in [0.15, 0.2) is 5.12 Å². The lowest BCUT2D eigenvalue weighted by Crippen LogP contribution is -2.48. The lowest BCUT2D eigenvalue weighted by molar-refractivity contribution is -0.139. The minimum atomic E-state index is -1.21. The van der Waals surface area contributed by atoms with Crippen LogP contribution in [0.3, 0.4) is 0 Å². The van der Waals surface area contributed by atoms with Crippen LogP contribution in [0.15, 0.2) is 0 Å². The molecule has 2 N–H and O–H groups in total. The van der Waals surface area contributed by atoms with E-state index < -0.39 is 29.0 Å². The molecule has 0 aliphatic heterocycles. The van der Waals surface area contributed by atoms with Crippen molar-refractivity contribution < 1.29 is 24.2 Å². The summed E-state index contributed by atoms with van der Waals surface area (Å²) >= 11 is 0.861. The molecule has 0 unspecified atom stereocenters. The normalized spacial score (nSPS) is 14.5. The van der Waals surface area contributed by atoms with Crippen LogP contribution in [-0.4, -0.2) is 39.2 Å². The maximum Gasteiger partial charge on any atom is 0.408 e. The van der Waals surface area contributed by atoms with Gasteiger partial charge in [0.25, 0.3) is 0 Å². The highest BCUT2D eigenvalue weighted by Gasteiger charge is 2.29. The topological polar surface area (TPSA) is 92.7 Å². The molecular formula is C11H19NO5S. The van der Waals surface area contributed by atoms with E-state index in [1.165, 1.54) is 6.92 Å².